The number of hydrogen-bond acceptors (Lipinski definition) is 3. The smallest absolute Gasteiger partial charge is 0.311 e. The molecule has 0 unspecified atom stereocenters. The van der Waals surface area contributed by atoms with Crippen molar-refractivity contribution in [3.05, 3.63) is 59.7 Å². The predicted octanol–water partition coefficient (Wildman–Crippen LogP) is 4.57. The van der Waals surface area contributed by atoms with Gasteiger partial charge in [-0.25, -0.2) is 0 Å². The molecule has 0 bridgehead atoms. The van der Waals surface area contributed by atoms with Crippen molar-refractivity contribution in [1.29, 1.82) is 0 Å². The minimum Gasteiger partial charge on any atom is -0.493 e. The number of carbonyl (C=O) groups is 1. The molecule has 0 N–H and O–H groups in total. The van der Waals surface area contributed by atoms with Crippen LogP contribution in [0.15, 0.2) is 48.5 Å². The Morgan fingerprint density at radius 1 is 1.00 bits per heavy atom. The molecule has 2 aromatic rings. The first-order chi connectivity index (χ1) is 10.7. The standard InChI is InChI=1S/C19H20O3/c1-3-7-19(20)22-17-13-12-16(14-18(17)21-2)11-10-15-8-5-4-6-9-15/h4-6,8-14H,3,7H2,1-2H3. The monoisotopic (exact) mass is 296 g/mol. The Labute approximate surface area is 131 Å². The molecular formula is C19H20O3. The molecule has 22 heavy (non-hydrogen) atoms. The zero-order valence-corrected chi connectivity index (χ0v) is 12.9. The van der Waals surface area contributed by atoms with Gasteiger partial charge < -0.3 is 9.47 Å². The van der Waals surface area contributed by atoms with Crippen molar-refractivity contribution in [1.82, 2.24) is 0 Å². The average Bonchev–Trinajstić information content (AvgIpc) is 2.55. The van der Waals surface area contributed by atoms with Crippen molar-refractivity contribution >= 4 is 18.1 Å². The lowest BCUT2D eigenvalue weighted by Crippen LogP contribution is -2.07. The van der Waals surface area contributed by atoms with Crippen LogP contribution in [0.25, 0.3) is 12.2 Å². The van der Waals surface area contributed by atoms with E-state index in [4.69, 9.17) is 9.47 Å². The summed E-state index contributed by atoms with van der Waals surface area (Å²) < 4.78 is 10.6. The van der Waals surface area contributed by atoms with Crippen molar-refractivity contribution in [2.24, 2.45) is 0 Å². The zero-order valence-electron chi connectivity index (χ0n) is 12.9. The number of methoxy groups -OCH3 is 1. The van der Waals surface area contributed by atoms with Gasteiger partial charge in [0.05, 0.1) is 7.11 Å². The molecule has 114 valence electrons. The van der Waals surface area contributed by atoms with E-state index in [1.54, 1.807) is 13.2 Å². The van der Waals surface area contributed by atoms with Crippen molar-refractivity contribution in [2.75, 3.05) is 7.11 Å². The van der Waals surface area contributed by atoms with Crippen molar-refractivity contribution in [3.8, 4) is 11.5 Å². The summed E-state index contributed by atoms with van der Waals surface area (Å²) in [7, 11) is 1.57. The van der Waals surface area contributed by atoms with E-state index >= 15 is 0 Å². The van der Waals surface area contributed by atoms with Crippen molar-refractivity contribution in [2.45, 2.75) is 19.8 Å². The van der Waals surface area contributed by atoms with Crippen LogP contribution in [0.4, 0.5) is 0 Å². The van der Waals surface area contributed by atoms with Crippen LogP contribution in [0.2, 0.25) is 0 Å². The summed E-state index contributed by atoms with van der Waals surface area (Å²) in [6, 6.07) is 15.6. The number of hydrogen-bond donors (Lipinski definition) is 0. The second-order valence-corrected chi connectivity index (χ2v) is 4.88. The molecule has 0 spiro atoms. The summed E-state index contributed by atoms with van der Waals surface area (Å²) in [6.45, 7) is 1.94. The molecule has 0 fully saturated rings. The minimum absolute atomic E-state index is 0.242. The van der Waals surface area contributed by atoms with Gasteiger partial charge in [-0.15, -0.1) is 0 Å². The fraction of sp³-hybridized carbons (Fsp3) is 0.211. The van der Waals surface area contributed by atoms with Crippen LogP contribution in [-0.4, -0.2) is 13.1 Å². The number of esters is 1. The number of ether oxygens (including phenoxy) is 2. The highest BCUT2D eigenvalue weighted by atomic mass is 16.6. The SMILES string of the molecule is CCCC(=O)Oc1ccc(C=Cc2ccccc2)cc1OC. The Balaban J connectivity index is 2.15. The molecule has 0 aliphatic heterocycles. The molecule has 0 aliphatic rings. The van der Waals surface area contributed by atoms with E-state index in [1.807, 2.05) is 61.5 Å². The maximum atomic E-state index is 11.6. The molecule has 0 saturated heterocycles. The lowest BCUT2D eigenvalue weighted by atomic mass is 10.1. The summed E-state index contributed by atoms with van der Waals surface area (Å²) in [5, 5.41) is 0. The second-order valence-electron chi connectivity index (χ2n) is 4.88. The normalized spacial score (nSPS) is 10.6. The summed E-state index contributed by atoms with van der Waals surface area (Å²) >= 11 is 0. The Hall–Kier alpha value is -2.55. The second kappa shape index (κ2) is 8.03. The lowest BCUT2D eigenvalue weighted by Gasteiger charge is -2.09. The van der Waals surface area contributed by atoms with Crippen LogP contribution in [0.5, 0.6) is 11.5 Å². The largest absolute Gasteiger partial charge is 0.493 e. The van der Waals surface area contributed by atoms with Crippen LogP contribution >= 0.6 is 0 Å². The summed E-state index contributed by atoms with van der Waals surface area (Å²) in [5.41, 5.74) is 2.11. The van der Waals surface area contributed by atoms with Gasteiger partial charge >= 0.3 is 5.97 Å². The number of carbonyl (C=O) groups excluding carboxylic acids is 1. The topological polar surface area (TPSA) is 35.5 Å². The highest BCUT2D eigenvalue weighted by Crippen LogP contribution is 2.29. The predicted molar refractivity (Wildman–Crippen MR) is 88.9 cm³/mol. The van der Waals surface area contributed by atoms with Crippen molar-refractivity contribution in [3.63, 3.8) is 0 Å². The van der Waals surface area contributed by atoms with Crippen LogP contribution in [0.1, 0.15) is 30.9 Å². The van der Waals surface area contributed by atoms with Gasteiger partial charge in [0.1, 0.15) is 0 Å². The lowest BCUT2D eigenvalue weighted by molar-refractivity contribution is -0.134. The van der Waals surface area contributed by atoms with Gasteiger partial charge in [0.2, 0.25) is 0 Å². The molecule has 0 amide bonds. The van der Waals surface area contributed by atoms with Gasteiger partial charge in [-0.2, -0.15) is 0 Å². The number of benzene rings is 2. The number of rotatable bonds is 6. The molecule has 0 heterocycles. The van der Waals surface area contributed by atoms with Crippen molar-refractivity contribution < 1.29 is 14.3 Å². The van der Waals surface area contributed by atoms with Gasteiger partial charge in [-0.3, -0.25) is 4.79 Å². The zero-order chi connectivity index (χ0) is 15.8. The molecule has 0 saturated carbocycles. The first kappa shape index (κ1) is 15.8. The molecule has 0 aliphatic carbocycles. The maximum absolute atomic E-state index is 11.6. The molecule has 2 aromatic carbocycles. The fourth-order valence-corrected chi connectivity index (χ4v) is 2.01. The van der Waals surface area contributed by atoms with E-state index in [1.165, 1.54) is 0 Å². The van der Waals surface area contributed by atoms with Crippen LogP contribution in [0.3, 0.4) is 0 Å². The van der Waals surface area contributed by atoms with E-state index in [0.29, 0.717) is 17.9 Å². The Bertz CT molecular complexity index is 645. The van der Waals surface area contributed by atoms with Gasteiger partial charge in [0, 0.05) is 6.42 Å². The molecule has 2 rings (SSSR count). The van der Waals surface area contributed by atoms with E-state index in [9.17, 15) is 4.79 Å². The molecule has 0 aromatic heterocycles. The average molecular weight is 296 g/mol. The van der Waals surface area contributed by atoms with Gasteiger partial charge in [-0.1, -0.05) is 55.5 Å². The Kier molecular flexibility index (Phi) is 5.78. The molecule has 3 heteroatoms. The first-order valence-corrected chi connectivity index (χ1v) is 7.34. The third-order valence-electron chi connectivity index (χ3n) is 3.13. The van der Waals surface area contributed by atoms with E-state index in [0.717, 1.165) is 17.5 Å². The van der Waals surface area contributed by atoms with Gasteiger partial charge in [-0.05, 0) is 29.7 Å². The minimum atomic E-state index is -0.242. The van der Waals surface area contributed by atoms with Gasteiger partial charge in [0.15, 0.2) is 11.5 Å². The third-order valence-corrected chi connectivity index (χ3v) is 3.13. The van der Waals surface area contributed by atoms with E-state index in [-0.39, 0.29) is 5.97 Å². The highest BCUT2D eigenvalue weighted by molar-refractivity contribution is 5.75. The Morgan fingerprint density at radius 3 is 2.41 bits per heavy atom. The fourth-order valence-electron chi connectivity index (χ4n) is 2.01. The van der Waals surface area contributed by atoms with Crippen LogP contribution in [-0.2, 0) is 4.79 Å². The van der Waals surface area contributed by atoms with E-state index in [2.05, 4.69) is 0 Å². The van der Waals surface area contributed by atoms with Gasteiger partial charge in [0.25, 0.3) is 0 Å². The van der Waals surface area contributed by atoms with E-state index < -0.39 is 0 Å². The summed E-state index contributed by atoms with van der Waals surface area (Å²) in [6.07, 6.45) is 5.19. The molecule has 0 radical (unpaired) electrons. The maximum Gasteiger partial charge on any atom is 0.311 e. The van der Waals surface area contributed by atoms with Crippen LogP contribution < -0.4 is 9.47 Å². The quantitative estimate of drug-likeness (QED) is 0.445. The highest BCUT2D eigenvalue weighted by Gasteiger charge is 2.09. The molecule has 0 atom stereocenters. The summed E-state index contributed by atoms with van der Waals surface area (Å²) in [4.78, 5) is 11.6. The first-order valence-electron chi connectivity index (χ1n) is 7.34. The summed E-state index contributed by atoms with van der Waals surface area (Å²) in [5.74, 6) is 0.769. The Morgan fingerprint density at radius 2 is 1.73 bits per heavy atom. The third kappa shape index (κ3) is 4.48. The molecule has 3 nitrogen and oxygen atoms in total. The van der Waals surface area contributed by atoms with Crippen LogP contribution in [0, 0.1) is 0 Å². The molecular weight excluding hydrogens is 276 g/mol.